The minimum atomic E-state index is -0.730. The maximum Gasteiger partial charge on any atom is 0.337 e. The number of hydrogen-bond donors (Lipinski definition) is 1. The monoisotopic (exact) mass is 1660 g/mol. The Morgan fingerprint density at radius 2 is 0.925 bits per heavy atom. The van der Waals surface area contributed by atoms with Crippen LogP contribution in [0, 0.1) is 0 Å². The van der Waals surface area contributed by atoms with Crippen LogP contribution in [0.2, 0.25) is 10.0 Å². The van der Waals surface area contributed by atoms with Gasteiger partial charge < -0.3 is 34.1 Å². The highest BCUT2D eigenvalue weighted by Gasteiger charge is 2.45. The largest absolute Gasteiger partial charge is 0.494 e. The zero-order chi connectivity index (χ0) is 84.2. The number of esters is 1. The molecule has 1 N–H and O–H groups in total. The molecule has 0 unspecified atom stereocenters. The molecule has 5 aromatic carbocycles. The summed E-state index contributed by atoms with van der Waals surface area (Å²) in [4.78, 5) is 111. The van der Waals surface area contributed by atoms with E-state index in [-0.39, 0.29) is 42.3 Å². The number of carbonyl (C=O) groups excluding carboxylic acids is 6. The highest BCUT2D eigenvalue weighted by atomic mass is 35.5. The lowest BCUT2D eigenvalue weighted by atomic mass is 9.68. The Morgan fingerprint density at radius 1 is 0.425 bits per heavy atom. The van der Waals surface area contributed by atoms with Gasteiger partial charge in [0.2, 0.25) is 17.7 Å². The van der Waals surface area contributed by atoms with E-state index in [1.54, 1.807) is 12.1 Å². The summed E-state index contributed by atoms with van der Waals surface area (Å²) in [5, 5.41) is 4.27. The predicted octanol–water partition coefficient (Wildman–Crippen LogP) is 20.0. The zero-order valence-corrected chi connectivity index (χ0v) is 71.9. The van der Waals surface area contributed by atoms with Crippen molar-refractivity contribution in [2.24, 2.45) is 0 Å². The van der Waals surface area contributed by atoms with E-state index in [4.69, 9.17) is 62.1 Å². The fraction of sp³-hybridized carbons (Fsp3) is 0.434. The summed E-state index contributed by atoms with van der Waals surface area (Å²) < 4.78 is 23.9. The molecule has 0 bridgehead atoms. The van der Waals surface area contributed by atoms with Crippen LogP contribution in [-0.2, 0) is 103 Å². The number of Topliss-reactive ketones (excluding diaryl/α,β-unsaturated/α-hetero) is 2. The lowest BCUT2D eigenvalue weighted by Gasteiger charge is -2.40. The molecule has 0 saturated heterocycles. The van der Waals surface area contributed by atoms with Crippen LogP contribution in [0.4, 0.5) is 5.82 Å². The van der Waals surface area contributed by atoms with Crippen LogP contribution in [0.5, 0.6) is 5.75 Å². The number of halogens is 2. The molecule has 4 heterocycles. The van der Waals surface area contributed by atoms with E-state index >= 15 is 4.79 Å². The number of unbranched alkanes of at least 4 members (excludes halogenated alkanes) is 5. The average molecular weight is 1670 g/mol. The number of hydrogen-bond acceptors (Lipinski definition) is 16. The minimum absolute atomic E-state index is 0.000960. The molecule has 2 saturated carbocycles. The molecule has 0 atom stereocenters. The molecule has 120 heavy (non-hydrogen) atoms. The Morgan fingerprint density at radius 3 is 1.47 bits per heavy atom. The number of pyridine rings is 4. The molecule has 0 spiro atoms. The number of methoxy groups -OCH3 is 1. The molecular formula is C99H119Cl2N9O10. The first kappa shape index (κ1) is 90.9. The second kappa shape index (κ2) is 48.0. The number of amides is 3. The molecule has 0 aliphatic heterocycles. The normalized spacial score (nSPS) is 13.7. The average Bonchev–Trinajstić information content (AvgIpc) is 0.774. The second-order valence-electron chi connectivity index (χ2n) is 32.2. The maximum absolute atomic E-state index is 15.7. The van der Waals surface area contributed by atoms with E-state index in [2.05, 4.69) is 47.2 Å². The quantitative estimate of drug-likeness (QED) is 0.0213. The van der Waals surface area contributed by atoms with Crippen LogP contribution < -0.4 is 10.1 Å². The van der Waals surface area contributed by atoms with Crippen LogP contribution in [0.25, 0.3) is 0 Å². The first-order chi connectivity index (χ1) is 58.5. The highest BCUT2D eigenvalue weighted by molar-refractivity contribution is 6.30. The van der Waals surface area contributed by atoms with E-state index in [0.29, 0.717) is 163 Å². The van der Waals surface area contributed by atoms with Crippen molar-refractivity contribution >= 4 is 64.3 Å². The molecular weight excluding hydrogens is 1550 g/mol. The molecule has 19 nitrogen and oxygen atoms in total. The van der Waals surface area contributed by atoms with Crippen molar-refractivity contribution in [1.82, 2.24) is 39.5 Å². The molecule has 634 valence electrons. The van der Waals surface area contributed by atoms with Crippen LogP contribution in [0.3, 0.4) is 0 Å². The molecule has 0 radical (unpaired) electrons. The smallest absolute Gasteiger partial charge is 0.337 e. The molecule has 21 heteroatoms. The molecule has 2 aliphatic carbocycles. The van der Waals surface area contributed by atoms with E-state index in [1.807, 2.05) is 180 Å². The van der Waals surface area contributed by atoms with Crippen molar-refractivity contribution in [2.75, 3.05) is 58.6 Å². The number of aromatic nitrogens is 4. The van der Waals surface area contributed by atoms with E-state index < -0.39 is 16.8 Å². The summed E-state index contributed by atoms with van der Waals surface area (Å²) in [6.07, 6.45) is 21.6. The predicted molar refractivity (Wildman–Crippen MR) is 472 cm³/mol. The van der Waals surface area contributed by atoms with Gasteiger partial charge in [-0.15, -0.1) is 0 Å². The van der Waals surface area contributed by atoms with Gasteiger partial charge in [0.1, 0.15) is 17.4 Å². The van der Waals surface area contributed by atoms with Crippen LogP contribution in [0.1, 0.15) is 238 Å². The Labute approximate surface area is 719 Å². The van der Waals surface area contributed by atoms with Gasteiger partial charge in [0.05, 0.1) is 72.7 Å². The first-order valence-electron chi connectivity index (χ1n) is 43.3. The first-order valence-corrected chi connectivity index (χ1v) is 44.1. The van der Waals surface area contributed by atoms with E-state index in [0.717, 1.165) is 165 Å². The zero-order valence-electron chi connectivity index (χ0n) is 70.3. The van der Waals surface area contributed by atoms with Crippen molar-refractivity contribution in [3.8, 4) is 5.75 Å². The Bertz CT molecular complexity index is 4550. The number of carbonyl (C=O) groups is 6. The van der Waals surface area contributed by atoms with Gasteiger partial charge in [-0.1, -0.05) is 192 Å². The molecule has 11 rings (SSSR count). The van der Waals surface area contributed by atoms with Gasteiger partial charge in [0.15, 0.2) is 5.78 Å². The summed E-state index contributed by atoms with van der Waals surface area (Å²) in [6, 6.07) is 60.4. The number of ketones is 2. The number of nitrogens with one attached hydrogen (secondary N) is 1. The van der Waals surface area contributed by atoms with Crippen molar-refractivity contribution in [2.45, 2.75) is 225 Å². The van der Waals surface area contributed by atoms with Gasteiger partial charge in [-0.3, -0.25) is 48.7 Å². The Kier molecular flexibility index (Phi) is 36.3. The Hall–Kier alpha value is -9.86. The van der Waals surface area contributed by atoms with Crippen molar-refractivity contribution in [3.05, 3.63) is 283 Å². The number of rotatable bonds is 49. The van der Waals surface area contributed by atoms with Gasteiger partial charge in [-0.2, -0.15) is 0 Å². The number of ether oxygens (including phenoxy) is 4. The summed E-state index contributed by atoms with van der Waals surface area (Å²) in [5.41, 5.74) is 9.60. The number of anilines is 1. The number of nitrogens with zero attached hydrogens (tertiary/aromatic N) is 8. The van der Waals surface area contributed by atoms with Gasteiger partial charge in [0.25, 0.3) is 0 Å². The molecule has 2 aliphatic rings. The molecule has 3 amide bonds. The van der Waals surface area contributed by atoms with Gasteiger partial charge in [0, 0.05) is 131 Å². The SMILES string of the molecule is CCCCCC(=O)Cc1cccc(CN(Cc2cc(CN(Cc3ccccn3)Cc3cccc(NC(=O)CCCCC)n3)cc(OCCCCN(Cc3ccc(C(=O)CCCOCCOCCN(Cc4ccc(C(=O)OC)cc4)C(=O)C4(c5ccc(Cl)cc5)CCCCC4)cc3)C(=O)C3(c4ccc(Cl)cc4)CCCCC3)c2)Cc2ccccn2)n1. The van der Waals surface area contributed by atoms with E-state index in [9.17, 15) is 24.0 Å². The lowest BCUT2D eigenvalue weighted by Crippen LogP contribution is -2.48. The standard InChI is InChI=1S/C99H119Cl2N9O10/c1-4-6-10-30-90(111)66-85-27-22-28-88(104-85)73-107(71-86-25-12-18-54-102-86)67-77-63-78(68-108(72-87-26-13-19-55-103-87)74-89-29-23-32-93(105-89)106-94(113)33-11-7-5-2)65-91(64-77)120-59-21-20-56-109(96(115)98(50-14-8-15-51-98)81-42-46-83(100)47-43-81)69-75-34-38-79(39-35-75)92(112)31-24-58-118-61-62-119-60-57-110(70-76-36-40-80(41-37-76)95(114)117-3)97(116)99(52-16-9-17-53-99)82-44-48-84(101)49-45-82/h12-13,18-19,22-23,25-29,32,34-49,54-55,63-65H,4-11,14-17,20-21,24,30-31,33,50-53,56-62,66-74H2,1-3H3,(H,105,106,113). The van der Waals surface area contributed by atoms with Gasteiger partial charge >= 0.3 is 5.97 Å². The molecule has 4 aromatic heterocycles. The summed E-state index contributed by atoms with van der Waals surface area (Å²) >= 11 is 12.9. The number of benzene rings is 5. The van der Waals surface area contributed by atoms with Gasteiger partial charge in [-0.25, -0.2) is 9.78 Å². The molecule has 9 aromatic rings. The third-order valence-electron chi connectivity index (χ3n) is 22.9. The topological polar surface area (TPSA) is 216 Å². The lowest BCUT2D eigenvalue weighted by molar-refractivity contribution is -0.141. The van der Waals surface area contributed by atoms with Crippen LogP contribution >= 0.6 is 23.2 Å². The highest BCUT2D eigenvalue weighted by Crippen LogP contribution is 2.44. The van der Waals surface area contributed by atoms with Crippen molar-refractivity contribution < 1.29 is 47.7 Å². The summed E-state index contributed by atoms with van der Waals surface area (Å²) in [5.74, 6) is 1.08. The molecule has 2 fully saturated rings. The van der Waals surface area contributed by atoms with E-state index in [1.165, 1.54) is 7.11 Å². The Balaban J connectivity index is 0.754. The summed E-state index contributed by atoms with van der Waals surface area (Å²) in [6.45, 7) is 10.5. The van der Waals surface area contributed by atoms with Crippen molar-refractivity contribution in [3.63, 3.8) is 0 Å². The fourth-order valence-electron chi connectivity index (χ4n) is 16.6. The fourth-order valence-corrected chi connectivity index (χ4v) is 16.8. The van der Waals surface area contributed by atoms with Gasteiger partial charge in [-0.05, 0) is 188 Å². The minimum Gasteiger partial charge on any atom is -0.494 e. The third kappa shape index (κ3) is 28.1. The summed E-state index contributed by atoms with van der Waals surface area (Å²) in [7, 11) is 1.35. The van der Waals surface area contributed by atoms with Crippen LogP contribution in [0.15, 0.2) is 200 Å². The second-order valence-corrected chi connectivity index (χ2v) is 33.0. The van der Waals surface area contributed by atoms with Crippen LogP contribution in [-0.4, -0.2) is 128 Å². The third-order valence-corrected chi connectivity index (χ3v) is 23.4. The maximum atomic E-state index is 15.7. The van der Waals surface area contributed by atoms with Crippen molar-refractivity contribution in [1.29, 1.82) is 0 Å².